The molecule has 2 aromatic rings. The van der Waals surface area contributed by atoms with E-state index in [-0.39, 0.29) is 5.57 Å². The summed E-state index contributed by atoms with van der Waals surface area (Å²) in [6.45, 7) is 0. The number of carbonyl (C=O) groups excluding carboxylic acids is 1. The summed E-state index contributed by atoms with van der Waals surface area (Å²) in [4.78, 5) is 12.1. The smallest absolute Gasteiger partial charge is 0.266 e. The van der Waals surface area contributed by atoms with Crippen LogP contribution in [-0.4, -0.2) is 5.91 Å². The normalized spacial score (nSPS) is 10.8. The second-order valence-electron chi connectivity index (χ2n) is 4.19. The lowest BCUT2D eigenvalue weighted by atomic mass is 10.1. The number of rotatable bonds is 3. The predicted molar refractivity (Wildman–Crippen MR) is 92.8 cm³/mol. The van der Waals surface area contributed by atoms with Gasteiger partial charge in [-0.25, -0.2) is 0 Å². The Morgan fingerprint density at radius 3 is 2.67 bits per heavy atom. The summed E-state index contributed by atoms with van der Waals surface area (Å²) >= 11 is 8.04. The lowest BCUT2D eigenvalue weighted by Gasteiger charge is -2.04. The number of anilines is 1. The van der Waals surface area contributed by atoms with Gasteiger partial charge in [0.05, 0.1) is 0 Å². The Bertz CT molecular complexity index is 750. The first-order valence-corrected chi connectivity index (χ1v) is 7.48. The monoisotopic (exact) mass is 408 g/mol. The second-order valence-corrected chi connectivity index (χ2v) is 5.87. The van der Waals surface area contributed by atoms with E-state index in [1.165, 1.54) is 6.08 Å². The van der Waals surface area contributed by atoms with E-state index in [9.17, 15) is 4.79 Å². The topological polar surface area (TPSA) is 52.9 Å². The highest BCUT2D eigenvalue weighted by atomic mass is 127. The van der Waals surface area contributed by atoms with Gasteiger partial charge in [-0.1, -0.05) is 29.8 Å². The van der Waals surface area contributed by atoms with Crippen molar-refractivity contribution in [1.29, 1.82) is 5.26 Å². The summed E-state index contributed by atoms with van der Waals surface area (Å²) in [7, 11) is 0. The summed E-state index contributed by atoms with van der Waals surface area (Å²) in [5.74, 6) is -0.445. The van der Waals surface area contributed by atoms with Crippen LogP contribution in [0.4, 0.5) is 5.69 Å². The van der Waals surface area contributed by atoms with Gasteiger partial charge in [-0.05, 0) is 64.6 Å². The Labute approximate surface area is 141 Å². The quantitative estimate of drug-likeness (QED) is 0.462. The predicted octanol–water partition coefficient (Wildman–Crippen LogP) is 4.49. The Hall–Kier alpha value is -1.84. The van der Waals surface area contributed by atoms with Crippen molar-refractivity contribution in [2.45, 2.75) is 0 Å². The number of halogens is 2. The highest BCUT2D eigenvalue weighted by molar-refractivity contribution is 14.1. The van der Waals surface area contributed by atoms with E-state index in [1.54, 1.807) is 30.3 Å². The Balaban J connectivity index is 2.21. The molecule has 1 amide bonds. The highest BCUT2D eigenvalue weighted by Crippen LogP contribution is 2.16. The molecule has 0 heterocycles. The van der Waals surface area contributed by atoms with E-state index in [4.69, 9.17) is 16.9 Å². The van der Waals surface area contributed by atoms with Gasteiger partial charge in [0.15, 0.2) is 0 Å². The fourth-order valence-electron chi connectivity index (χ4n) is 1.68. The lowest BCUT2D eigenvalue weighted by molar-refractivity contribution is -0.112. The third-order valence-corrected chi connectivity index (χ3v) is 3.51. The van der Waals surface area contributed by atoms with E-state index in [0.717, 1.165) is 3.57 Å². The number of nitriles is 1. The number of hydrogen-bond donors (Lipinski definition) is 1. The van der Waals surface area contributed by atoms with Gasteiger partial charge < -0.3 is 5.32 Å². The van der Waals surface area contributed by atoms with Crippen LogP contribution in [0.15, 0.2) is 54.1 Å². The van der Waals surface area contributed by atoms with Gasteiger partial charge in [0.25, 0.3) is 5.91 Å². The lowest BCUT2D eigenvalue weighted by Crippen LogP contribution is -2.13. The average Bonchev–Trinajstić information content (AvgIpc) is 2.44. The second kappa shape index (κ2) is 7.25. The fraction of sp³-hybridized carbons (Fsp3) is 0. The number of carbonyl (C=O) groups is 1. The fourth-order valence-corrected chi connectivity index (χ4v) is 2.42. The largest absolute Gasteiger partial charge is 0.321 e. The summed E-state index contributed by atoms with van der Waals surface area (Å²) in [5, 5.41) is 12.4. The van der Waals surface area contributed by atoms with Crippen LogP contribution in [0.25, 0.3) is 6.08 Å². The summed E-state index contributed by atoms with van der Waals surface area (Å²) in [6.07, 6.45) is 1.51. The van der Waals surface area contributed by atoms with E-state index < -0.39 is 5.91 Å². The molecule has 5 heteroatoms. The van der Waals surface area contributed by atoms with Crippen molar-refractivity contribution in [3.05, 3.63) is 68.3 Å². The molecule has 0 bridgehead atoms. The molecule has 0 radical (unpaired) electrons. The molecule has 0 spiro atoms. The minimum Gasteiger partial charge on any atom is -0.321 e. The molecule has 0 saturated heterocycles. The van der Waals surface area contributed by atoms with E-state index in [2.05, 4.69) is 27.9 Å². The zero-order valence-corrected chi connectivity index (χ0v) is 13.7. The minimum absolute atomic E-state index is 0.0242. The molecule has 0 aromatic heterocycles. The van der Waals surface area contributed by atoms with Gasteiger partial charge in [-0.3, -0.25) is 4.79 Å². The third-order valence-electron chi connectivity index (χ3n) is 2.61. The first-order valence-electron chi connectivity index (χ1n) is 6.03. The number of nitrogens with zero attached hydrogens (tertiary/aromatic N) is 1. The molecule has 0 fully saturated rings. The van der Waals surface area contributed by atoms with Crippen LogP contribution in [0.2, 0.25) is 5.02 Å². The molecule has 0 saturated carbocycles. The van der Waals surface area contributed by atoms with Crippen LogP contribution in [0.3, 0.4) is 0 Å². The van der Waals surface area contributed by atoms with Crippen molar-refractivity contribution in [1.82, 2.24) is 0 Å². The summed E-state index contributed by atoms with van der Waals surface area (Å²) < 4.78 is 1.00. The van der Waals surface area contributed by atoms with Crippen LogP contribution in [0, 0.1) is 14.9 Å². The standard InChI is InChI=1S/C16H10ClIN2O/c17-13-4-1-3-11(8-13)7-12(10-19)16(21)20-15-6-2-5-14(18)9-15/h1-9H,(H,20,21)/b12-7+. The van der Waals surface area contributed by atoms with Crippen molar-refractivity contribution in [3.8, 4) is 6.07 Å². The van der Waals surface area contributed by atoms with Crippen molar-refractivity contribution in [2.75, 3.05) is 5.32 Å². The Kier molecular flexibility index (Phi) is 5.37. The van der Waals surface area contributed by atoms with E-state index >= 15 is 0 Å². The molecule has 0 aliphatic rings. The zero-order valence-electron chi connectivity index (χ0n) is 10.8. The molecule has 0 atom stereocenters. The van der Waals surface area contributed by atoms with Crippen LogP contribution in [-0.2, 0) is 4.79 Å². The first kappa shape index (κ1) is 15.5. The number of nitrogens with one attached hydrogen (secondary N) is 1. The maximum absolute atomic E-state index is 12.1. The Morgan fingerprint density at radius 2 is 2.00 bits per heavy atom. The van der Waals surface area contributed by atoms with Gasteiger partial charge in [-0.2, -0.15) is 5.26 Å². The maximum atomic E-state index is 12.1. The number of hydrogen-bond acceptors (Lipinski definition) is 2. The summed E-state index contributed by atoms with van der Waals surface area (Å²) in [5.41, 5.74) is 1.38. The van der Waals surface area contributed by atoms with Crippen LogP contribution >= 0.6 is 34.2 Å². The van der Waals surface area contributed by atoms with Gasteiger partial charge in [0.1, 0.15) is 11.6 Å². The summed E-state index contributed by atoms with van der Waals surface area (Å²) in [6, 6.07) is 16.2. The molecular formula is C16H10ClIN2O. The maximum Gasteiger partial charge on any atom is 0.266 e. The molecular weight excluding hydrogens is 399 g/mol. The molecule has 0 aliphatic carbocycles. The van der Waals surface area contributed by atoms with Crippen LogP contribution in [0.5, 0.6) is 0 Å². The molecule has 2 aromatic carbocycles. The molecule has 0 aliphatic heterocycles. The van der Waals surface area contributed by atoms with E-state index in [0.29, 0.717) is 16.3 Å². The minimum atomic E-state index is -0.445. The van der Waals surface area contributed by atoms with Crippen LogP contribution < -0.4 is 5.32 Å². The van der Waals surface area contributed by atoms with Gasteiger partial charge in [0.2, 0.25) is 0 Å². The average molecular weight is 409 g/mol. The van der Waals surface area contributed by atoms with Gasteiger partial charge >= 0.3 is 0 Å². The molecule has 3 nitrogen and oxygen atoms in total. The molecule has 2 rings (SSSR count). The van der Waals surface area contributed by atoms with Crippen molar-refractivity contribution >= 4 is 51.9 Å². The van der Waals surface area contributed by atoms with Gasteiger partial charge in [-0.15, -0.1) is 0 Å². The molecule has 1 N–H and O–H groups in total. The molecule has 0 unspecified atom stereocenters. The van der Waals surface area contributed by atoms with Crippen molar-refractivity contribution in [2.24, 2.45) is 0 Å². The third kappa shape index (κ3) is 4.59. The zero-order chi connectivity index (χ0) is 15.2. The molecule has 104 valence electrons. The van der Waals surface area contributed by atoms with Crippen LogP contribution in [0.1, 0.15) is 5.56 Å². The highest BCUT2D eigenvalue weighted by Gasteiger charge is 2.09. The van der Waals surface area contributed by atoms with Gasteiger partial charge in [0, 0.05) is 14.3 Å². The number of amides is 1. The van der Waals surface area contributed by atoms with Crippen molar-refractivity contribution < 1.29 is 4.79 Å². The SMILES string of the molecule is N#C/C(=C\c1cccc(Cl)c1)C(=O)Nc1cccc(I)c1. The van der Waals surface area contributed by atoms with Crippen molar-refractivity contribution in [3.63, 3.8) is 0 Å². The molecule has 21 heavy (non-hydrogen) atoms. The number of benzene rings is 2. The first-order chi connectivity index (χ1) is 10.1. The Morgan fingerprint density at radius 1 is 1.24 bits per heavy atom. The van der Waals surface area contributed by atoms with E-state index in [1.807, 2.05) is 24.3 Å².